The van der Waals surface area contributed by atoms with Crippen LogP contribution in [0.15, 0.2) is 0 Å². The van der Waals surface area contributed by atoms with Crippen LogP contribution in [0.4, 0.5) is 4.79 Å². The van der Waals surface area contributed by atoms with Gasteiger partial charge in [-0.25, -0.2) is 4.79 Å². The van der Waals surface area contributed by atoms with Gasteiger partial charge < -0.3 is 31.5 Å². The Morgan fingerprint density at radius 2 is 1.58 bits per heavy atom. The smallest absolute Gasteiger partial charge is 0.315 e. The lowest BCUT2D eigenvalue weighted by molar-refractivity contribution is -0.144. The van der Waals surface area contributed by atoms with Gasteiger partial charge in [-0.2, -0.15) is 0 Å². The molecule has 12 nitrogen and oxygen atoms in total. The molecule has 12 heteroatoms. The van der Waals surface area contributed by atoms with Crippen LogP contribution in [0.25, 0.3) is 0 Å². The fourth-order valence-corrected chi connectivity index (χ4v) is 6.69. The highest BCUT2D eigenvalue weighted by Crippen LogP contribution is 2.34. The lowest BCUT2D eigenvalue weighted by Crippen LogP contribution is -2.62. The minimum atomic E-state index is -1.09. The van der Waals surface area contributed by atoms with Crippen LogP contribution >= 0.6 is 0 Å². The first-order valence-corrected chi connectivity index (χ1v) is 16.8. The maximum atomic E-state index is 14.3. The molecule has 2 saturated heterocycles. The first kappa shape index (κ1) is 36.3. The minimum absolute atomic E-state index is 0.0451. The summed E-state index contributed by atoms with van der Waals surface area (Å²) >= 11 is 0. The van der Waals surface area contributed by atoms with E-state index in [0.29, 0.717) is 38.9 Å². The fourth-order valence-electron chi connectivity index (χ4n) is 6.69. The number of hydrogen-bond acceptors (Lipinski definition) is 6. The Bertz CT molecular complexity index is 1110. The van der Waals surface area contributed by atoms with E-state index in [1.165, 1.54) is 4.90 Å². The molecule has 5 atom stereocenters. The molecular weight excluding hydrogens is 576 g/mol. The Hall–Kier alpha value is -3.18. The van der Waals surface area contributed by atoms with Crippen LogP contribution in [0.1, 0.15) is 99.8 Å². The van der Waals surface area contributed by atoms with Gasteiger partial charge in [0.2, 0.25) is 23.5 Å². The number of carbonyl (C=O) groups is 6. The molecule has 1 unspecified atom stereocenters. The van der Waals surface area contributed by atoms with Crippen molar-refractivity contribution in [3.8, 4) is 0 Å². The third-order valence-corrected chi connectivity index (χ3v) is 9.87. The van der Waals surface area contributed by atoms with Crippen molar-refractivity contribution in [3.63, 3.8) is 0 Å². The summed E-state index contributed by atoms with van der Waals surface area (Å²) in [5.74, 6) is -2.54. The molecule has 2 heterocycles. The van der Waals surface area contributed by atoms with E-state index < -0.39 is 47.2 Å². The van der Waals surface area contributed by atoms with Crippen LogP contribution in [-0.4, -0.2) is 89.0 Å². The molecule has 0 spiro atoms. The molecular formula is C33H56N6O6. The van der Waals surface area contributed by atoms with Crippen LogP contribution in [-0.2, 0) is 24.0 Å². The van der Waals surface area contributed by atoms with Gasteiger partial charge in [-0.05, 0) is 54.8 Å². The van der Waals surface area contributed by atoms with Gasteiger partial charge in [-0.3, -0.25) is 24.0 Å². The van der Waals surface area contributed by atoms with Gasteiger partial charge in [-0.1, -0.05) is 67.7 Å². The van der Waals surface area contributed by atoms with Crippen molar-refractivity contribution in [2.75, 3.05) is 19.6 Å². The molecule has 6 amide bonds. The van der Waals surface area contributed by atoms with E-state index in [9.17, 15) is 28.8 Å². The van der Waals surface area contributed by atoms with Crippen LogP contribution in [0.2, 0.25) is 0 Å². The van der Waals surface area contributed by atoms with Crippen molar-refractivity contribution in [1.29, 1.82) is 0 Å². The van der Waals surface area contributed by atoms with Crippen molar-refractivity contribution >= 4 is 35.4 Å². The Labute approximate surface area is 268 Å². The third kappa shape index (κ3) is 9.42. The molecule has 0 radical (unpaired) electrons. The summed E-state index contributed by atoms with van der Waals surface area (Å²) in [7, 11) is 0. The van der Waals surface area contributed by atoms with Crippen molar-refractivity contribution < 1.29 is 28.8 Å². The quantitative estimate of drug-likeness (QED) is 0.227. The number of primary amides is 1. The molecule has 254 valence electrons. The summed E-state index contributed by atoms with van der Waals surface area (Å²) in [6, 6.07) is -3.69. The summed E-state index contributed by atoms with van der Waals surface area (Å²) in [5, 5.41) is 8.68. The second-order valence-corrected chi connectivity index (χ2v) is 15.1. The van der Waals surface area contributed by atoms with Crippen LogP contribution in [0, 0.1) is 29.1 Å². The number of urea groups is 1. The zero-order valence-corrected chi connectivity index (χ0v) is 28.3. The molecule has 3 aliphatic rings. The number of rotatable bonds is 13. The third-order valence-electron chi connectivity index (χ3n) is 9.87. The Morgan fingerprint density at radius 3 is 2.09 bits per heavy atom. The molecule has 1 saturated carbocycles. The second-order valence-electron chi connectivity index (χ2n) is 15.1. The molecule has 3 fully saturated rings. The molecule has 0 aromatic carbocycles. The Kier molecular flexibility index (Phi) is 12.4. The predicted molar refractivity (Wildman–Crippen MR) is 171 cm³/mol. The van der Waals surface area contributed by atoms with E-state index in [-0.39, 0.29) is 41.5 Å². The van der Waals surface area contributed by atoms with E-state index in [1.54, 1.807) is 4.90 Å². The Morgan fingerprint density at radius 1 is 0.911 bits per heavy atom. The number of nitrogens with one attached hydrogen (secondary N) is 3. The van der Waals surface area contributed by atoms with E-state index in [1.807, 2.05) is 48.5 Å². The van der Waals surface area contributed by atoms with E-state index >= 15 is 0 Å². The van der Waals surface area contributed by atoms with Crippen molar-refractivity contribution in [3.05, 3.63) is 0 Å². The maximum absolute atomic E-state index is 14.3. The molecule has 3 rings (SSSR count). The number of nitrogens with two attached hydrogens (primary N) is 1. The average molecular weight is 633 g/mol. The van der Waals surface area contributed by atoms with Crippen molar-refractivity contribution in [1.82, 2.24) is 25.8 Å². The summed E-state index contributed by atoms with van der Waals surface area (Å²) in [6.07, 6.45) is 6.14. The molecule has 0 aromatic rings. The lowest BCUT2D eigenvalue weighted by atomic mass is 9.80. The van der Waals surface area contributed by atoms with Gasteiger partial charge >= 0.3 is 6.03 Å². The highest BCUT2D eigenvalue weighted by atomic mass is 16.2. The van der Waals surface area contributed by atoms with Gasteiger partial charge in [-0.15, -0.1) is 0 Å². The van der Waals surface area contributed by atoms with Gasteiger partial charge in [0.25, 0.3) is 5.91 Å². The zero-order chi connectivity index (χ0) is 33.6. The molecule has 2 aliphatic heterocycles. The maximum Gasteiger partial charge on any atom is 0.315 e. The van der Waals surface area contributed by atoms with Gasteiger partial charge in [0, 0.05) is 26.1 Å². The number of Topliss-reactive ketones (excluding diaryl/α,β-unsaturated/α-hetero) is 1. The van der Waals surface area contributed by atoms with Gasteiger partial charge in [0.05, 0.1) is 12.1 Å². The van der Waals surface area contributed by atoms with E-state index in [4.69, 9.17) is 5.73 Å². The van der Waals surface area contributed by atoms with Crippen LogP contribution < -0.4 is 21.7 Å². The topological polar surface area (TPSA) is 171 Å². The first-order chi connectivity index (χ1) is 21.0. The molecule has 45 heavy (non-hydrogen) atoms. The second kappa shape index (κ2) is 15.4. The standard InChI is InChI=1S/C33H56N6O6/c1-19(2)22-14-16-39(26(22)30(43)35-23(27(41)29(34)42)17-21-11-10-12-21)31(44)28(33(5,6)7)37-32(45)36-24(20(3)4)18-38-15-9-8-13-25(38)40/h19-24,26,28H,8-18H2,1-7H3,(H2,34,42)(H,35,43)(H2,36,37,45)/t22-,23?,24-,26+,28-/m1/s1. The molecule has 0 bridgehead atoms. The lowest BCUT2D eigenvalue weighted by Gasteiger charge is -2.38. The summed E-state index contributed by atoms with van der Waals surface area (Å²) in [5.41, 5.74) is 4.63. The Balaban J connectivity index is 1.79. The SMILES string of the molecule is CC(C)[C@H]1CCN(C(=O)[C@@H](NC(=O)N[C@H](CN2CCCCC2=O)C(C)C)C(C)(C)C)[C@@H]1C(=O)NC(CC1CCC1)C(=O)C(N)=O. The van der Waals surface area contributed by atoms with Crippen LogP contribution in [0.5, 0.6) is 0 Å². The van der Waals surface area contributed by atoms with Crippen molar-refractivity contribution in [2.24, 2.45) is 34.8 Å². The predicted octanol–water partition coefficient (Wildman–Crippen LogP) is 2.34. The normalized spacial score (nSPS) is 22.9. The molecule has 0 aromatic heterocycles. The number of piperidine rings is 1. The summed E-state index contributed by atoms with van der Waals surface area (Å²) in [4.78, 5) is 81.8. The number of amides is 6. The first-order valence-electron chi connectivity index (χ1n) is 16.8. The average Bonchev–Trinajstić information content (AvgIpc) is 3.38. The molecule has 1 aliphatic carbocycles. The number of likely N-dealkylation sites (tertiary alicyclic amines) is 2. The fraction of sp³-hybridized carbons (Fsp3) is 0.818. The van der Waals surface area contributed by atoms with E-state index in [0.717, 1.165) is 32.1 Å². The monoisotopic (exact) mass is 632 g/mol. The summed E-state index contributed by atoms with van der Waals surface area (Å²) in [6.45, 7) is 14.9. The molecule has 5 N–H and O–H groups in total. The largest absolute Gasteiger partial charge is 0.363 e. The minimum Gasteiger partial charge on any atom is -0.363 e. The van der Waals surface area contributed by atoms with Crippen LogP contribution in [0.3, 0.4) is 0 Å². The van der Waals surface area contributed by atoms with Crippen molar-refractivity contribution in [2.45, 2.75) is 124 Å². The number of ketones is 1. The highest BCUT2D eigenvalue weighted by Gasteiger charge is 2.48. The van der Waals surface area contributed by atoms with Gasteiger partial charge in [0.15, 0.2) is 0 Å². The summed E-state index contributed by atoms with van der Waals surface area (Å²) < 4.78 is 0. The van der Waals surface area contributed by atoms with E-state index in [2.05, 4.69) is 16.0 Å². The number of hydrogen-bond donors (Lipinski definition) is 4. The van der Waals surface area contributed by atoms with Gasteiger partial charge in [0.1, 0.15) is 12.1 Å². The highest BCUT2D eigenvalue weighted by molar-refractivity contribution is 6.37. The number of nitrogens with zero attached hydrogens (tertiary/aromatic N) is 2. The zero-order valence-electron chi connectivity index (χ0n) is 28.3. The number of carbonyl (C=O) groups excluding carboxylic acids is 6.